The van der Waals surface area contributed by atoms with Gasteiger partial charge in [-0.25, -0.2) is 17.5 Å². The zero-order valence-electron chi connectivity index (χ0n) is 15.1. The third kappa shape index (κ3) is 5.03. The van der Waals surface area contributed by atoms with Crippen molar-refractivity contribution in [3.63, 3.8) is 0 Å². The first-order valence-corrected chi connectivity index (χ1v) is 10.9. The lowest BCUT2D eigenvalue weighted by molar-refractivity contribution is 0.102. The zero-order chi connectivity index (χ0) is 20.1. The number of amides is 1. The maximum atomic E-state index is 13.6. The van der Waals surface area contributed by atoms with Crippen molar-refractivity contribution in [1.29, 1.82) is 0 Å². The van der Waals surface area contributed by atoms with Crippen LogP contribution in [0, 0.1) is 12.7 Å². The summed E-state index contributed by atoms with van der Waals surface area (Å²) in [6.07, 6.45) is 0.616. The molecule has 2 aromatic carbocycles. The molecule has 0 fully saturated rings. The topological polar surface area (TPSA) is 75.3 Å². The number of hydrogen-bond donors (Lipinski definition) is 2. The Bertz CT molecular complexity index is 1060. The van der Waals surface area contributed by atoms with Crippen LogP contribution in [0.3, 0.4) is 0 Å². The first kappa shape index (κ1) is 20.2. The molecule has 0 atom stereocenters. The molecule has 1 aromatic heterocycles. The van der Waals surface area contributed by atoms with E-state index in [1.807, 2.05) is 17.5 Å². The number of thiophene rings is 1. The number of anilines is 1. The number of carbonyl (C=O) groups excluding carboxylic acids is 1. The predicted molar refractivity (Wildman–Crippen MR) is 109 cm³/mol. The third-order valence-corrected chi connectivity index (χ3v) is 6.51. The fraction of sp³-hybridized carbons (Fsp3) is 0.150. The monoisotopic (exact) mass is 418 g/mol. The van der Waals surface area contributed by atoms with Gasteiger partial charge in [0.1, 0.15) is 5.82 Å². The van der Waals surface area contributed by atoms with E-state index in [0.29, 0.717) is 24.2 Å². The quantitative estimate of drug-likeness (QED) is 0.610. The highest BCUT2D eigenvalue weighted by Crippen LogP contribution is 2.16. The molecule has 0 saturated heterocycles. The molecule has 28 heavy (non-hydrogen) atoms. The molecule has 0 aliphatic heterocycles. The van der Waals surface area contributed by atoms with Crippen molar-refractivity contribution in [2.45, 2.75) is 18.2 Å². The molecule has 146 valence electrons. The SMILES string of the molecule is Cc1ccc(NC(=O)c2ccc(S(=O)(=O)NCCc3cccs3)cc2)cc1F. The second-order valence-electron chi connectivity index (χ2n) is 6.17. The van der Waals surface area contributed by atoms with Crippen LogP contribution in [0.4, 0.5) is 10.1 Å². The molecule has 2 N–H and O–H groups in total. The maximum Gasteiger partial charge on any atom is 0.255 e. The van der Waals surface area contributed by atoms with Gasteiger partial charge in [-0.3, -0.25) is 4.79 Å². The number of aryl methyl sites for hydroxylation is 1. The first-order chi connectivity index (χ1) is 13.3. The Morgan fingerprint density at radius 3 is 2.50 bits per heavy atom. The number of benzene rings is 2. The van der Waals surface area contributed by atoms with Crippen LogP contribution in [-0.4, -0.2) is 20.9 Å². The minimum atomic E-state index is -3.65. The Balaban J connectivity index is 1.62. The number of carbonyl (C=O) groups is 1. The Morgan fingerprint density at radius 2 is 1.86 bits per heavy atom. The van der Waals surface area contributed by atoms with Crippen LogP contribution in [0.15, 0.2) is 64.9 Å². The Morgan fingerprint density at radius 1 is 1.11 bits per heavy atom. The molecule has 0 bridgehead atoms. The smallest absolute Gasteiger partial charge is 0.255 e. The molecule has 3 aromatic rings. The van der Waals surface area contributed by atoms with E-state index in [4.69, 9.17) is 0 Å². The number of sulfonamides is 1. The van der Waals surface area contributed by atoms with E-state index in [2.05, 4.69) is 10.0 Å². The summed E-state index contributed by atoms with van der Waals surface area (Å²) in [5.41, 5.74) is 1.10. The first-order valence-electron chi connectivity index (χ1n) is 8.55. The summed E-state index contributed by atoms with van der Waals surface area (Å²) in [5, 5.41) is 4.53. The average Bonchev–Trinajstić information content (AvgIpc) is 3.18. The minimum absolute atomic E-state index is 0.0802. The molecule has 0 aliphatic rings. The molecule has 1 amide bonds. The lowest BCUT2D eigenvalue weighted by atomic mass is 10.2. The van der Waals surface area contributed by atoms with Gasteiger partial charge in [0.15, 0.2) is 0 Å². The summed E-state index contributed by atoms with van der Waals surface area (Å²) in [6.45, 7) is 1.93. The normalized spacial score (nSPS) is 11.4. The highest BCUT2D eigenvalue weighted by molar-refractivity contribution is 7.89. The van der Waals surface area contributed by atoms with Crippen LogP contribution in [0.1, 0.15) is 20.8 Å². The van der Waals surface area contributed by atoms with E-state index in [-0.39, 0.29) is 10.5 Å². The summed E-state index contributed by atoms with van der Waals surface area (Å²) in [5.74, 6) is -0.856. The van der Waals surface area contributed by atoms with Gasteiger partial charge in [-0.2, -0.15) is 0 Å². The van der Waals surface area contributed by atoms with Crippen LogP contribution in [0.5, 0.6) is 0 Å². The van der Waals surface area contributed by atoms with Gasteiger partial charge in [0, 0.05) is 22.7 Å². The Hall–Kier alpha value is -2.55. The van der Waals surface area contributed by atoms with Gasteiger partial charge in [0.05, 0.1) is 4.90 Å². The van der Waals surface area contributed by atoms with Crippen LogP contribution in [0.2, 0.25) is 0 Å². The number of halogens is 1. The van der Waals surface area contributed by atoms with Gasteiger partial charge in [-0.05, 0) is 66.8 Å². The fourth-order valence-corrected chi connectivity index (χ4v) is 4.25. The van der Waals surface area contributed by atoms with Crippen LogP contribution in [0.25, 0.3) is 0 Å². The standard InChI is InChI=1S/C20H19FN2O3S2/c1-14-4-7-16(13-19(14)21)23-20(24)15-5-8-18(9-6-15)28(25,26)22-11-10-17-3-2-12-27-17/h2-9,12-13,22H,10-11H2,1H3,(H,23,24). The van der Waals surface area contributed by atoms with Gasteiger partial charge < -0.3 is 5.32 Å². The summed E-state index contributed by atoms with van der Waals surface area (Å²) in [7, 11) is -3.65. The molecule has 0 radical (unpaired) electrons. The van der Waals surface area contributed by atoms with E-state index in [0.717, 1.165) is 4.88 Å². The summed E-state index contributed by atoms with van der Waals surface area (Å²) in [6, 6.07) is 13.9. The summed E-state index contributed by atoms with van der Waals surface area (Å²) >= 11 is 1.57. The van der Waals surface area contributed by atoms with Crippen molar-refractivity contribution >= 4 is 33.0 Å². The van der Waals surface area contributed by atoms with Crippen molar-refractivity contribution in [2.24, 2.45) is 0 Å². The molecular weight excluding hydrogens is 399 g/mol. The Kier molecular flexibility index (Phi) is 6.23. The minimum Gasteiger partial charge on any atom is -0.322 e. The van der Waals surface area contributed by atoms with Crippen molar-refractivity contribution < 1.29 is 17.6 Å². The van der Waals surface area contributed by atoms with Gasteiger partial charge in [0.2, 0.25) is 10.0 Å². The van der Waals surface area contributed by atoms with Gasteiger partial charge in [-0.1, -0.05) is 12.1 Å². The van der Waals surface area contributed by atoms with Gasteiger partial charge in [-0.15, -0.1) is 11.3 Å². The summed E-state index contributed by atoms with van der Waals surface area (Å²) in [4.78, 5) is 13.5. The van der Waals surface area contributed by atoms with E-state index in [9.17, 15) is 17.6 Å². The molecule has 3 rings (SSSR count). The molecule has 0 aliphatic carbocycles. The van der Waals surface area contributed by atoms with E-state index < -0.39 is 21.7 Å². The molecule has 8 heteroatoms. The van der Waals surface area contributed by atoms with Crippen LogP contribution >= 0.6 is 11.3 Å². The summed E-state index contributed by atoms with van der Waals surface area (Å²) < 4.78 is 40.8. The van der Waals surface area contributed by atoms with E-state index >= 15 is 0 Å². The molecule has 5 nitrogen and oxygen atoms in total. The van der Waals surface area contributed by atoms with Crippen molar-refractivity contribution in [2.75, 3.05) is 11.9 Å². The highest BCUT2D eigenvalue weighted by atomic mass is 32.2. The lowest BCUT2D eigenvalue weighted by Gasteiger charge is -2.09. The molecule has 0 spiro atoms. The number of hydrogen-bond acceptors (Lipinski definition) is 4. The fourth-order valence-electron chi connectivity index (χ4n) is 2.51. The molecule has 1 heterocycles. The molecule has 0 unspecified atom stereocenters. The van der Waals surface area contributed by atoms with Crippen LogP contribution < -0.4 is 10.0 Å². The van der Waals surface area contributed by atoms with Gasteiger partial charge in [0.25, 0.3) is 5.91 Å². The maximum absolute atomic E-state index is 13.6. The Labute approximate surface area is 167 Å². The largest absolute Gasteiger partial charge is 0.322 e. The lowest BCUT2D eigenvalue weighted by Crippen LogP contribution is -2.26. The number of nitrogens with one attached hydrogen (secondary N) is 2. The van der Waals surface area contributed by atoms with Crippen molar-refractivity contribution in [1.82, 2.24) is 4.72 Å². The molecule has 0 saturated carbocycles. The second kappa shape index (κ2) is 8.64. The van der Waals surface area contributed by atoms with Gasteiger partial charge >= 0.3 is 0 Å². The van der Waals surface area contributed by atoms with Crippen molar-refractivity contribution in [3.8, 4) is 0 Å². The zero-order valence-corrected chi connectivity index (χ0v) is 16.7. The third-order valence-electron chi connectivity index (χ3n) is 4.10. The van der Waals surface area contributed by atoms with E-state index in [1.165, 1.54) is 30.3 Å². The van der Waals surface area contributed by atoms with Crippen molar-refractivity contribution in [3.05, 3.63) is 81.8 Å². The molecular formula is C20H19FN2O3S2. The predicted octanol–water partition coefficient (Wildman–Crippen LogP) is 3.97. The van der Waals surface area contributed by atoms with Crippen LogP contribution in [-0.2, 0) is 16.4 Å². The second-order valence-corrected chi connectivity index (χ2v) is 8.97. The van der Waals surface area contributed by atoms with E-state index in [1.54, 1.807) is 30.4 Å². The highest BCUT2D eigenvalue weighted by Gasteiger charge is 2.15. The number of rotatable bonds is 7. The average molecular weight is 419 g/mol.